The lowest BCUT2D eigenvalue weighted by atomic mass is 9.91. The van der Waals surface area contributed by atoms with Gasteiger partial charge in [-0.2, -0.15) is 0 Å². The monoisotopic (exact) mass is 292 g/mol. The molecule has 114 valence electrons. The Balaban J connectivity index is 2.58. The average molecular weight is 292 g/mol. The highest BCUT2D eigenvalue weighted by Crippen LogP contribution is 2.22. The van der Waals surface area contributed by atoms with Gasteiger partial charge in [-0.1, -0.05) is 20.3 Å². The molecule has 0 spiro atoms. The first-order valence-corrected chi connectivity index (χ1v) is 8.86. The maximum Gasteiger partial charge on any atom is 0.216 e. The smallest absolute Gasteiger partial charge is 0.216 e. The summed E-state index contributed by atoms with van der Waals surface area (Å²) in [7, 11) is -1.62. The van der Waals surface area contributed by atoms with Crippen LogP contribution in [0, 0.1) is 5.92 Å². The lowest BCUT2D eigenvalue weighted by molar-refractivity contribution is 0.195. The molecule has 0 aromatic carbocycles. The molecule has 2 unspecified atom stereocenters. The zero-order valence-electron chi connectivity index (χ0n) is 12.4. The van der Waals surface area contributed by atoms with Crippen LogP contribution in [0.3, 0.4) is 0 Å². The molecule has 1 aliphatic heterocycles. The number of nitrogens with one attached hydrogen (secondary N) is 1. The summed E-state index contributed by atoms with van der Waals surface area (Å²) in [6.07, 6.45) is 3.03. The van der Waals surface area contributed by atoms with Gasteiger partial charge in [0.25, 0.3) is 0 Å². The van der Waals surface area contributed by atoms with Crippen molar-refractivity contribution in [2.45, 2.75) is 39.2 Å². The number of piperidine rings is 1. The molecule has 6 heteroatoms. The Morgan fingerprint density at radius 2 is 2.11 bits per heavy atom. The van der Waals surface area contributed by atoms with E-state index in [1.165, 1.54) is 7.11 Å². The highest BCUT2D eigenvalue weighted by Gasteiger charge is 2.33. The van der Waals surface area contributed by atoms with E-state index in [-0.39, 0.29) is 12.4 Å². The molecule has 0 aliphatic carbocycles. The molecule has 19 heavy (non-hydrogen) atoms. The standard InChI is InChI=1S/C13H28N2O3S/c1-4-7-14-13-6-8-15(11-12(13)5-2)19(16,17)10-9-18-3/h12-14H,4-11H2,1-3H3. The largest absolute Gasteiger partial charge is 0.384 e. The van der Waals surface area contributed by atoms with Crippen LogP contribution in [0.4, 0.5) is 0 Å². The van der Waals surface area contributed by atoms with Crippen molar-refractivity contribution in [2.24, 2.45) is 5.92 Å². The predicted molar refractivity (Wildman–Crippen MR) is 77.7 cm³/mol. The minimum atomic E-state index is -3.15. The van der Waals surface area contributed by atoms with E-state index < -0.39 is 10.0 Å². The van der Waals surface area contributed by atoms with Crippen LogP contribution in [-0.2, 0) is 14.8 Å². The van der Waals surface area contributed by atoms with Gasteiger partial charge in [0.2, 0.25) is 10.0 Å². The van der Waals surface area contributed by atoms with E-state index in [0.717, 1.165) is 25.8 Å². The normalized spacial score (nSPS) is 25.6. The average Bonchev–Trinajstić information content (AvgIpc) is 2.42. The van der Waals surface area contributed by atoms with E-state index >= 15 is 0 Å². The van der Waals surface area contributed by atoms with Crippen molar-refractivity contribution in [3.05, 3.63) is 0 Å². The Hall–Kier alpha value is -0.170. The van der Waals surface area contributed by atoms with Crippen LogP contribution in [0.5, 0.6) is 0 Å². The van der Waals surface area contributed by atoms with Gasteiger partial charge in [0, 0.05) is 26.2 Å². The third kappa shape index (κ3) is 5.02. The van der Waals surface area contributed by atoms with E-state index in [0.29, 0.717) is 25.0 Å². The summed E-state index contributed by atoms with van der Waals surface area (Å²) in [5, 5.41) is 3.54. The van der Waals surface area contributed by atoms with Gasteiger partial charge in [-0.15, -0.1) is 0 Å². The molecule has 1 heterocycles. The number of ether oxygens (including phenoxy) is 1. The number of methoxy groups -OCH3 is 1. The fourth-order valence-electron chi connectivity index (χ4n) is 2.58. The zero-order valence-corrected chi connectivity index (χ0v) is 13.2. The second kappa shape index (κ2) is 8.19. The van der Waals surface area contributed by atoms with Gasteiger partial charge < -0.3 is 10.1 Å². The van der Waals surface area contributed by atoms with Crippen LogP contribution in [0.25, 0.3) is 0 Å². The Kier molecular flexibility index (Phi) is 7.28. The molecular weight excluding hydrogens is 264 g/mol. The Morgan fingerprint density at radius 3 is 2.68 bits per heavy atom. The maximum absolute atomic E-state index is 12.2. The molecule has 1 fully saturated rings. The van der Waals surface area contributed by atoms with Gasteiger partial charge in [0.05, 0.1) is 12.4 Å². The molecule has 0 radical (unpaired) electrons. The summed E-state index contributed by atoms with van der Waals surface area (Å²) in [6, 6.07) is 0.457. The summed E-state index contributed by atoms with van der Waals surface area (Å²) in [6.45, 7) is 6.84. The van der Waals surface area contributed by atoms with Gasteiger partial charge in [-0.05, 0) is 25.3 Å². The van der Waals surface area contributed by atoms with Gasteiger partial charge in [-0.25, -0.2) is 12.7 Å². The van der Waals surface area contributed by atoms with E-state index in [9.17, 15) is 8.42 Å². The highest BCUT2D eigenvalue weighted by molar-refractivity contribution is 7.89. The summed E-state index contributed by atoms with van der Waals surface area (Å²) in [4.78, 5) is 0. The first-order chi connectivity index (χ1) is 9.05. The lowest BCUT2D eigenvalue weighted by Gasteiger charge is -2.38. The summed E-state index contributed by atoms with van der Waals surface area (Å²) in [5.74, 6) is 0.505. The van der Waals surface area contributed by atoms with Crippen LogP contribution < -0.4 is 5.32 Å². The third-order valence-electron chi connectivity index (χ3n) is 3.82. The van der Waals surface area contributed by atoms with Crippen molar-refractivity contribution >= 4 is 10.0 Å². The minimum Gasteiger partial charge on any atom is -0.384 e. The van der Waals surface area contributed by atoms with E-state index in [4.69, 9.17) is 4.74 Å². The van der Waals surface area contributed by atoms with Crippen molar-refractivity contribution < 1.29 is 13.2 Å². The molecule has 5 nitrogen and oxygen atoms in total. The highest BCUT2D eigenvalue weighted by atomic mass is 32.2. The number of nitrogens with zero attached hydrogens (tertiary/aromatic N) is 1. The quantitative estimate of drug-likeness (QED) is 0.727. The predicted octanol–water partition coefficient (Wildman–Crippen LogP) is 1.06. The molecule has 0 saturated carbocycles. The number of hydrogen-bond donors (Lipinski definition) is 1. The Labute approximate surface area is 117 Å². The SMILES string of the molecule is CCCNC1CCN(S(=O)(=O)CCOC)CC1CC. The summed E-state index contributed by atoms with van der Waals surface area (Å²) >= 11 is 0. The number of sulfonamides is 1. The van der Waals surface area contributed by atoms with Gasteiger partial charge in [-0.3, -0.25) is 0 Å². The molecule has 1 rings (SSSR count). The van der Waals surface area contributed by atoms with Crippen molar-refractivity contribution in [3.8, 4) is 0 Å². The van der Waals surface area contributed by atoms with Crippen molar-refractivity contribution in [1.82, 2.24) is 9.62 Å². The molecule has 1 aliphatic rings. The van der Waals surface area contributed by atoms with Gasteiger partial charge >= 0.3 is 0 Å². The Bertz CT molecular complexity index is 346. The Morgan fingerprint density at radius 1 is 1.37 bits per heavy atom. The molecule has 0 aromatic heterocycles. The fourth-order valence-corrected chi connectivity index (χ4v) is 4.02. The van der Waals surface area contributed by atoms with Gasteiger partial charge in [0.1, 0.15) is 0 Å². The lowest BCUT2D eigenvalue weighted by Crippen LogP contribution is -2.51. The van der Waals surface area contributed by atoms with Crippen LogP contribution in [0.1, 0.15) is 33.1 Å². The van der Waals surface area contributed by atoms with Crippen LogP contribution in [0.2, 0.25) is 0 Å². The summed E-state index contributed by atoms with van der Waals surface area (Å²) in [5.41, 5.74) is 0. The second-order valence-electron chi connectivity index (χ2n) is 5.18. The molecule has 1 N–H and O–H groups in total. The number of rotatable bonds is 8. The van der Waals surface area contributed by atoms with E-state index in [2.05, 4.69) is 19.2 Å². The van der Waals surface area contributed by atoms with Crippen molar-refractivity contribution in [2.75, 3.05) is 39.1 Å². The first-order valence-electron chi connectivity index (χ1n) is 7.25. The fraction of sp³-hybridized carbons (Fsp3) is 1.00. The topological polar surface area (TPSA) is 58.6 Å². The van der Waals surface area contributed by atoms with Crippen LogP contribution in [-0.4, -0.2) is 57.9 Å². The molecule has 1 saturated heterocycles. The minimum absolute atomic E-state index is 0.0903. The molecule has 0 bridgehead atoms. The molecular formula is C13H28N2O3S. The van der Waals surface area contributed by atoms with E-state index in [1.54, 1.807) is 4.31 Å². The maximum atomic E-state index is 12.2. The van der Waals surface area contributed by atoms with Crippen molar-refractivity contribution in [3.63, 3.8) is 0 Å². The third-order valence-corrected chi connectivity index (χ3v) is 5.62. The molecule has 0 aromatic rings. The summed E-state index contributed by atoms with van der Waals surface area (Å²) < 4.78 is 30.8. The molecule has 0 amide bonds. The second-order valence-corrected chi connectivity index (χ2v) is 7.27. The van der Waals surface area contributed by atoms with Gasteiger partial charge in [0.15, 0.2) is 0 Å². The first kappa shape index (κ1) is 16.9. The zero-order chi connectivity index (χ0) is 14.3. The van der Waals surface area contributed by atoms with E-state index in [1.807, 2.05) is 0 Å². The van der Waals surface area contributed by atoms with Crippen molar-refractivity contribution in [1.29, 1.82) is 0 Å². The van der Waals surface area contributed by atoms with Crippen LogP contribution >= 0.6 is 0 Å². The van der Waals surface area contributed by atoms with Crippen LogP contribution in [0.15, 0.2) is 0 Å². The molecule has 2 atom stereocenters. The number of hydrogen-bond acceptors (Lipinski definition) is 4.